The molecule has 2 aromatic carbocycles. The molecule has 0 bridgehead atoms. The maximum Gasteiger partial charge on any atom is 0.227 e. The summed E-state index contributed by atoms with van der Waals surface area (Å²) in [6, 6.07) is 8.00. The molecule has 0 saturated heterocycles. The normalized spacial score (nSPS) is 12.5. The summed E-state index contributed by atoms with van der Waals surface area (Å²) in [6.07, 6.45) is 1.23. The Labute approximate surface area is 162 Å². The zero-order valence-corrected chi connectivity index (χ0v) is 16.0. The second-order valence-corrected chi connectivity index (χ2v) is 6.90. The predicted molar refractivity (Wildman–Crippen MR) is 100 cm³/mol. The van der Waals surface area contributed by atoms with Gasteiger partial charge >= 0.3 is 0 Å². The maximum atomic E-state index is 13.9. The number of benzene rings is 2. The van der Waals surface area contributed by atoms with Crippen LogP contribution in [0.3, 0.4) is 0 Å². The van der Waals surface area contributed by atoms with Crippen LogP contribution in [0, 0.1) is 24.4 Å². The van der Waals surface area contributed by atoms with Crippen LogP contribution in [0.1, 0.15) is 36.4 Å². The van der Waals surface area contributed by atoms with Gasteiger partial charge < -0.3 is 4.52 Å². The van der Waals surface area contributed by atoms with E-state index in [1.807, 2.05) is 18.9 Å². The number of nitrogens with zero attached hydrogens (tertiary/aromatic N) is 3. The highest BCUT2D eigenvalue weighted by atomic mass is 19.1. The van der Waals surface area contributed by atoms with E-state index in [0.29, 0.717) is 47.8 Å². The summed E-state index contributed by atoms with van der Waals surface area (Å²) < 4.78 is 46.3. The van der Waals surface area contributed by atoms with Crippen molar-refractivity contribution in [2.45, 2.75) is 32.7 Å². The molecule has 0 saturated carbocycles. The van der Waals surface area contributed by atoms with Crippen molar-refractivity contribution in [1.82, 2.24) is 15.0 Å². The minimum absolute atomic E-state index is 0.274. The van der Waals surface area contributed by atoms with Crippen LogP contribution < -0.4 is 0 Å². The molecular formula is C21H22F3N3O. The molecule has 1 heterocycles. The lowest BCUT2D eigenvalue weighted by Gasteiger charge is -2.25. The topological polar surface area (TPSA) is 42.2 Å². The Morgan fingerprint density at radius 1 is 1.07 bits per heavy atom. The highest BCUT2D eigenvalue weighted by Crippen LogP contribution is 2.23. The van der Waals surface area contributed by atoms with Gasteiger partial charge in [-0.2, -0.15) is 4.98 Å². The largest absolute Gasteiger partial charge is 0.339 e. The quantitative estimate of drug-likeness (QED) is 0.565. The van der Waals surface area contributed by atoms with Gasteiger partial charge in [0.05, 0.1) is 0 Å². The summed E-state index contributed by atoms with van der Waals surface area (Å²) in [5.41, 5.74) is 1.44. The van der Waals surface area contributed by atoms with Crippen molar-refractivity contribution in [2.75, 3.05) is 13.6 Å². The number of aryl methyl sites for hydroxylation is 2. The van der Waals surface area contributed by atoms with Gasteiger partial charge in [-0.1, -0.05) is 17.3 Å². The van der Waals surface area contributed by atoms with Crippen LogP contribution in [0.15, 0.2) is 40.9 Å². The third-order valence-corrected chi connectivity index (χ3v) is 4.87. The molecule has 0 fully saturated rings. The minimum Gasteiger partial charge on any atom is -0.339 e. The fourth-order valence-electron chi connectivity index (χ4n) is 2.95. The first-order chi connectivity index (χ1) is 13.3. The zero-order valence-electron chi connectivity index (χ0n) is 16.0. The molecule has 0 radical (unpaired) electrons. The van der Waals surface area contributed by atoms with E-state index in [2.05, 4.69) is 10.1 Å². The Bertz CT molecular complexity index is 958. The second kappa shape index (κ2) is 8.56. The molecule has 0 amide bonds. The average Bonchev–Trinajstić information content (AvgIpc) is 3.14. The van der Waals surface area contributed by atoms with Crippen molar-refractivity contribution in [3.8, 4) is 11.4 Å². The summed E-state index contributed by atoms with van der Waals surface area (Å²) in [5, 5.41) is 3.90. The van der Waals surface area contributed by atoms with Gasteiger partial charge in [-0.05, 0) is 63.7 Å². The molecule has 0 N–H and O–H groups in total. The Morgan fingerprint density at radius 2 is 1.86 bits per heavy atom. The first-order valence-corrected chi connectivity index (χ1v) is 9.09. The van der Waals surface area contributed by atoms with Crippen LogP contribution in [-0.4, -0.2) is 28.6 Å². The molecule has 28 heavy (non-hydrogen) atoms. The van der Waals surface area contributed by atoms with Gasteiger partial charge in [-0.3, -0.25) is 4.90 Å². The number of hydrogen-bond acceptors (Lipinski definition) is 4. The predicted octanol–water partition coefficient (Wildman–Crippen LogP) is 5.09. The number of halogens is 3. The summed E-state index contributed by atoms with van der Waals surface area (Å²) in [5.74, 6) is -0.398. The first-order valence-electron chi connectivity index (χ1n) is 9.09. The number of hydrogen-bond donors (Lipinski definition) is 0. The molecule has 4 nitrogen and oxygen atoms in total. The van der Waals surface area contributed by atoms with E-state index in [0.717, 1.165) is 12.1 Å². The lowest BCUT2D eigenvalue weighted by molar-refractivity contribution is 0.248. The SMILES string of the molecule is Cc1ccc(-c2noc(CCCN(C)C(C)c3cc(F)ccc3F)n2)cc1F. The third kappa shape index (κ3) is 4.59. The second-order valence-electron chi connectivity index (χ2n) is 6.90. The van der Waals surface area contributed by atoms with Crippen molar-refractivity contribution in [3.63, 3.8) is 0 Å². The molecular weight excluding hydrogens is 367 g/mol. The molecule has 0 aliphatic heterocycles. The van der Waals surface area contributed by atoms with E-state index in [1.54, 1.807) is 19.1 Å². The molecule has 0 aliphatic rings. The molecule has 1 unspecified atom stereocenters. The third-order valence-electron chi connectivity index (χ3n) is 4.87. The van der Waals surface area contributed by atoms with Gasteiger partial charge in [0, 0.05) is 23.6 Å². The lowest BCUT2D eigenvalue weighted by atomic mass is 10.1. The van der Waals surface area contributed by atoms with Gasteiger partial charge in [0.25, 0.3) is 0 Å². The van der Waals surface area contributed by atoms with Gasteiger partial charge in [0.15, 0.2) is 0 Å². The van der Waals surface area contributed by atoms with Crippen LogP contribution in [0.5, 0.6) is 0 Å². The van der Waals surface area contributed by atoms with Crippen molar-refractivity contribution in [3.05, 3.63) is 70.9 Å². The summed E-state index contributed by atoms with van der Waals surface area (Å²) in [4.78, 5) is 6.24. The highest BCUT2D eigenvalue weighted by molar-refractivity contribution is 5.54. The fourth-order valence-corrected chi connectivity index (χ4v) is 2.95. The average molecular weight is 389 g/mol. The number of rotatable bonds is 7. The summed E-state index contributed by atoms with van der Waals surface area (Å²) in [6.45, 7) is 4.15. The van der Waals surface area contributed by atoms with Crippen LogP contribution >= 0.6 is 0 Å². The Morgan fingerprint density at radius 3 is 2.61 bits per heavy atom. The summed E-state index contributed by atoms with van der Waals surface area (Å²) >= 11 is 0. The van der Waals surface area contributed by atoms with Gasteiger partial charge in [0.1, 0.15) is 17.5 Å². The van der Waals surface area contributed by atoms with E-state index >= 15 is 0 Å². The standard InChI is InChI=1S/C21H22F3N3O/c1-13-6-7-15(11-19(13)24)21-25-20(28-26-21)5-4-10-27(3)14(2)17-12-16(22)8-9-18(17)23/h6-9,11-12,14H,4-5,10H2,1-3H3. The van der Waals surface area contributed by atoms with E-state index in [1.165, 1.54) is 12.1 Å². The van der Waals surface area contributed by atoms with Crippen LogP contribution in [0.4, 0.5) is 13.2 Å². The Hall–Kier alpha value is -2.67. The van der Waals surface area contributed by atoms with Crippen molar-refractivity contribution < 1.29 is 17.7 Å². The van der Waals surface area contributed by atoms with Crippen LogP contribution in [0.2, 0.25) is 0 Å². The molecule has 7 heteroatoms. The van der Waals surface area contributed by atoms with Crippen molar-refractivity contribution in [1.29, 1.82) is 0 Å². The Kier molecular flexibility index (Phi) is 6.14. The number of aromatic nitrogens is 2. The van der Waals surface area contributed by atoms with Gasteiger partial charge in [0.2, 0.25) is 11.7 Å². The van der Waals surface area contributed by atoms with Gasteiger partial charge in [-0.15, -0.1) is 0 Å². The summed E-state index contributed by atoms with van der Waals surface area (Å²) in [7, 11) is 1.85. The van der Waals surface area contributed by atoms with Gasteiger partial charge in [-0.25, -0.2) is 13.2 Å². The lowest BCUT2D eigenvalue weighted by Crippen LogP contribution is -2.24. The van der Waals surface area contributed by atoms with E-state index in [9.17, 15) is 13.2 Å². The molecule has 1 aromatic heterocycles. The minimum atomic E-state index is -0.456. The van der Waals surface area contributed by atoms with Crippen molar-refractivity contribution >= 4 is 0 Å². The Balaban J connectivity index is 1.57. The molecule has 1 atom stereocenters. The van der Waals surface area contributed by atoms with Crippen LogP contribution in [-0.2, 0) is 6.42 Å². The molecule has 148 valence electrons. The molecule has 0 spiro atoms. The molecule has 0 aliphatic carbocycles. The molecule has 3 rings (SSSR count). The van der Waals surface area contributed by atoms with E-state index in [-0.39, 0.29) is 11.9 Å². The molecule has 3 aromatic rings. The van der Waals surface area contributed by atoms with Crippen LogP contribution in [0.25, 0.3) is 11.4 Å². The zero-order chi connectivity index (χ0) is 20.3. The van der Waals surface area contributed by atoms with E-state index in [4.69, 9.17) is 4.52 Å². The fraction of sp³-hybridized carbons (Fsp3) is 0.333. The monoisotopic (exact) mass is 389 g/mol. The van der Waals surface area contributed by atoms with E-state index < -0.39 is 11.6 Å². The first kappa shape index (κ1) is 20.1. The smallest absolute Gasteiger partial charge is 0.227 e. The highest BCUT2D eigenvalue weighted by Gasteiger charge is 2.17. The maximum absolute atomic E-state index is 13.9. The van der Waals surface area contributed by atoms with Crippen molar-refractivity contribution in [2.24, 2.45) is 0 Å².